The zero-order valence-electron chi connectivity index (χ0n) is 12.3. The van der Waals surface area contributed by atoms with Gasteiger partial charge in [0.1, 0.15) is 5.82 Å². The minimum atomic E-state index is 0.662. The van der Waals surface area contributed by atoms with Gasteiger partial charge in [-0.05, 0) is 31.7 Å². The van der Waals surface area contributed by atoms with E-state index in [9.17, 15) is 0 Å². The molecular formula is C15H21N5S. The monoisotopic (exact) mass is 303 g/mol. The molecule has 0 radical (unpaired) electrons. The number of nitrogens with zero attached hydrogens (tertiary/aromatic N) is 4. The first-order valence-corrected chi connectivity index (χ1v) is 8.30. The molecule has 2 aromatic rings. The van der Waals surface area contributed by atoms with E-state index in [1.807, 2.05) is 18.8 Å². The fourth-order valence-corrected chi connectivity index (χ4v) is 3.64. The molecule has 0 aromatic carbocycles. The first-order chi connectivity index (χ1) is 10.3. The second kappa shape index (κ2) is 6.95. The quantitative estimate of drug-likeness (QED) is 0.919. The molecule has 3 heterocycles. The summed E-state index contributed by atoms with van der Waals surface area (Å²) in [5, 5.41) is 3.14. The smallest absolute Gasteiger partial charge is 0.147 e. The van der Waals surface area contributed by atoms with E-state index in [1.54, 1.807) is 23.7 Å². The first kappa shape index (κ1) is 14.4. The third-order valence-corrected chi connectivity index (χ3v) is 4.72. The van der Waals surface area contributed by atoms with Crippen molar-refractivity contribution in [2.75, 3.05) is 25.5 Å². The Bertz CT molecular complexity index is 557. The maximum atomic E-state index is 4.49. The first-order valence-electron chi connectivity index (χ1n) is 7.42. The number of rotatable bonds is 5. The standard InChI is InChI=1S/C15H21N5S/c1-16-15-14(18-4-5-19-15)7-12-3-2-6-20(9-12)10-13-8-17-11-21-13/h4-5,8,11-12H,2-3,6-7,9-10H2,1H3,(H,16,19). The van der Waals surface area contributed by atoms with Crippen LogP contribution in [0.1, 0.15) is 23.4 Å². The van der Waals surface area contributed by atoms with E-state index in [1.165, 1.54) is 24.3 Å². The molecule has 5 nitrogen and oxygen atoms in total. The highest BCUT2D eigenvalue weighted by Gasteiger charge is 2.22. The largest absolute Gasteiger partial charge is 0.372 e. The van der Waals surface area contributed by atoms with Crippen molar-refractivity contribution in [3.05, 3.63) is 34.7 Å². The van der Waals surface area contributed by atoms with Gasteiger partial charge in [-0.2, -0.15) is 0 Å². The van der Waals surface area contributed by atoms with E-state index in [4.69, 9.17) is 0 Å². The lowest BCUT2D eigenvalue weighted by Gasteiger charge is -2.32. The molecule has 0 aliphatic carbocycles. The fraction of sp³-hybridized carbons (Fsp3) is 0.533. The number of aromatic nitrogens is 3. The van der Waals surface area contributed by atoms with Crippen LogP contribution in [0, 0.1) is 5.92 Å². The summed E-state index contributed by atoms with van der Waals surface area (Å²) in [7, 11) is 1.91. The average Bonchev–Trinajstić information content (AvgIpc) is 3.01. The van der Waals surface area contributed by atoms with Crippen LogP contribution in [0.2, 0.25) is 0 Å². The minimum absolute atomic E-state index is 0.662. The predicted molar refractivity (Wildman–Crippen MR) is 85.4 cm³/mol. The van der Waals surface area contributed by atoms with Crippen LogP contribution in [0.25, 0.3) is 0 Å². The highest BCUT2D eigenvalue weighted by Crippen LogP contribution is 2.24. The van der Waals surface area contributed by atoms with Crippen LogP contribution in [0.4, 0.5) is 5.82 Å². The second-order valence-corrected chi connectivity index (χ2v) is 6.49. The molecule has 1 aliphatic rings. The van der Waals surface area contributed by atoms with E-state index in [-0.39, 0.29) is 0 Å². The van der Waals surface area contributed by atoms with Crippen molar-refractivity contribution in [1.29, 1.82) is 0 Å². The van der Waals surface area contributed by atoms with Crippen LogP contribution in [0.15, 0.2) is 24.1 Å². The number of thiazole rings is 1. The fourth-order valence-electron chi connectivity index (χ4n) is 3.00. The molecule has 112 valence electrons. The Morgan fingerprint density at radius 3 is 3.10 bits per heavy atom. The van der Waals surface area contributed by atoms with Crippen molar-refractivity contribution in [3.63, 3.8) is 0 Å². The zero-order valence-corrected chi connectivity index (χ0v) is 13.1. The third kappa shape index (κ3) is 3.77. The molecule has 1 atom stereocenters. The Morgan fingerprint density at radius 2 is 2.29 bits per heavy atom. The number of likely N-dealkylation sites (tertiary alicyclic amines) is 1. The predicted octanol–water partition coefficient (Wildman–Crippen LogP) is 2.43. The van der Waals surface area contributed by atoms with Gasteiger partial charge in [0.15, 0.2) is 0 Å². The molecule has 1 fully saturated rings. The summed E-state index contributed by atoms with van der Waals surface area (Å²) in [4.78, 5) is 16.9. The van der Waals surface area contributed by atoms with Gasteiger partial charge in [0, 0.05) is 43.6 Å². The number of hydrogen-bond donors (Lipinski definition) is 1. The Hall–Kier alpha value is -1.53. The maximum absolute atomic E-state index is 4.49. The Kier molecular flexibility index (Phi) is 4.77. The summed E-state index contributed by atoms with van der Waals surface area (Å²) in [6, 6.07) is 0. The van der Waals surface area contributed by atoms with Crippen molar-refractivity contribution in [2.24, 2.45) is 5.92 Å². The highest BCUT2D eigenvalue weighted by molar-refractivity contribution is 7.09. The second-order valence-electron chi connectivity index (χ2n) is 5.52. The molecule has 6 heteroatoms. The molecule has 2 aromatic heterocycles. The zero-order chi connectivity index (χ0) is 14.5. The van der Waals surface area contributed by atoms with Crippen molar-refractivity contribution in [3.8, 4) is 0 Å². The molecule has 0 bridgehead atoms. The van der Waals surface area contributed by atoms with Gasteiger partial charge in [-0.1, -0.05) is 0 Å². The maximum Gasteiger partial charge on any atom is 0.147 e. The van der Waals surface area contributed by atoms with Gasteiger partial charge in [0.2, 0.25) is 0 Å². The van der Waals surface area contributed by atoms with E-state index in [0.29, 0.717) is 5.92 Å². The third-order valence-electron chi connectivity index (χ3n) is 3.96. The van der Waals surface area contributed by atoms with Crippen molar-refractivity contribution < 1.29 is 0 Å². The van der Waals surface area contributed by atoms with Crippen LogP contribution >= 0.6 is 11.3 Å². The van der Waals surface area contributed by atoms with Crippen LogP contribution in [-0.2, 0) is 13.0 Å². The van der Waals surface area contributed by atoms with Crippen molar-refractivity contribution in [1.82, 2.24) is 19.9 Å². The molecule has 0 spiro atoms. The van der Waals surface area contributed by atoms with Crippen LogP contribution in [0.3, 0.4) is 0 Å². The molecule has 21 heavy (non-hydrogen) atoms. The molecular weight excluding hydrogens is 282 g/mol. The summed E-state index contributed by atoms with van der Waals surface area (Å²) in [6.45, 7) is 3.35. The lowest BCUT2D eigenvalue weighted by Crippen LogP contribution is -2.35. The van der Waals surface area contributed by atoms with Crippen molar-refractivity contribution >= 4 is 17.2 Å². The number of hydrogen-bond acceptors (Lipinski definition) is 6. The van der Waals surface area contributed by atoms with E-state index >= 15 is 0 Å². The van der Waals surface area contributed by atoms with Crippen LogP contribution < -0.4 is 5.32 Å². The molecule has 0 saturated carbocycles. The molecule has 1 aliphatic heterocycles. The lowest BCUT2D eigenvalue weighted by atomic mass is 9.93. The Morgan fingerprint density at radius 1 is 1.38 bits per heavy atom. The normalized spacial score (nSPS) is 19.6. The van der Waals surface area contributed by atoms with Gasteiger partial charge in [-0.25, -0.2) is 4.98 Å². The van der Waals surface area contributed by atoms with Crippen LogP contribution in [-0.4, -0.2) is 40.0 Å². The van der Waals surface area contributed by atoms with E-state index in [0.717, 1.165) is 31.0 Å². The van der Waals surface area contributed by atoms with Gasteiger partial charge >= 0.3 is 0 Å². The Labute approximate surface area is 129 Å². The van der Waals surface area contributed by atoms with Crippen LogP contribution in [0.5, 0.6) is 0 Å². The highest BCUT2D eigenvalue weighted by atomic mass is 32.1. The van der Waals surface area contributed by atoms with Gasteiger partial charge in [-0.15, -0.1) is 11.3 Å². The molecule has 1 unspecified atom stereocenters. The van der Waals surface area contributed by atoms with Gasteiger partial charge in [0.25, 0.3) is 0 Å². The van der Waals surface area contributed by atoms with E-state index < -0.39 is 0 Å². The molecule has 1 saturated heterocycles. The SMILES string of the molecule is CNc1nccnc1CC1CCCN(Cc2cncs2)C1. The summed E-state index contributed by atoms with van der Waals surface area (Å²) in [5.41, 5.74) is 3.00. The Balaban J connectivity index is 1.60. The van der Waals surface area contributed by atoms with Gasteiger partial charge in [0.05, 0.1) is 11.2 Å². The number of anilines is 1. The van der Waals surface area contributed by atoms with Gasteiger partial charge < -0.3 is 5.32 Å². The lowest BCUT2D eigenvalue weighted by molar-refractivity contribution is 0.167. The number of piperidine rings is 1. The summed E-state index contributed by atoms with van der Waals surface area (Å²) < 4.78 is 0. The summed E-state index contributed by atoms with van der Waals surface area (Å²) in [5.74, 6) is 1.58. The van der Waals surface area contributed by atoms with E-state index in [2.05, 4.69) is 25.2 Å². The molecule has 3 rings (SSSR count). The number of nitrogens with one attached hydrogen (secondary N) is 1. The topological polar surface area (TPSA) is 53.9 Å². The summed E-state index contributed by atoms with van der Waals surface area (Å²) >= 11 is 1.74. The minimum Gasteiger partial charge on any atom is -0.372 e. The summed E-state index contributed by atoms with van der Waals surface area (Å²) in [6.07, 6.45) is 9.05. The van der Waals surface area contributed by atoms with Crippen molar-refractivity contribution in [2.45, 2.75) is 25.8 Å². The molecule has 0 amide bonds. The average molecular weight is 303 g/mol. The van der Waals surface area contributed by atoms with Gasteiger partial charge in [-0.3, -0.25) is 14.9 Å². The molecule has 1 N–H and O–H groups in total.